The molecule has 0 aliphatic carbocycles. The van der Waals surface area contributed by atoms with Gasteiger partial charge in [-0.1, -0.05) is 0 Å². The van der Waals surface area contributed by atoms with Gasteiger partial charge in [-0.05, 0) is 13.8 Å². The smallest absolute Gasteiger partial charge is 0.335 e. The molecule has 0 spiro atoms. The Labute approximate surface area is 83.5 Å². The molecule has 0 amide bonds. The Bertz CT molecular complexity index is 272. The van der Waals surface area contributed by atoms with Gasteiger partial charge in [0.15, 0.2) is 0 Å². The van der Waals surface area contributed by atoms with Crippen LogP contribution in [0.15, 0.2) is 11.8 Å². The third-order valence-electron chi connectivity index (χ3n) is 1.32. The number of aliphatic hydroxyl groups is 1. The fourth-order valence-electron chi connectivity index (χ4n) is 0.836. The second-order valence-corrected chi connectivity index (χ2v) is 4.43. The van der Waals surface area contributed by atoms with Gasteiger partial charge in [0.05, 0.1) is 37.3 Å². The van der Waals surface area contributed by atoms with Crippen LogP contribution in [0, 0.1) is 11.3 Å². The third kappa shape index (κ3) is 4.43. The van der Waals surface area contributed by atoms with E-state index in [0.717, 1.165) is 0 Å². The van der Waals surface area contributed by atoms with E-state index in [9.17, 15) is 4.57 Å². The van der Waals surface area contributed by atoms with Crippen LogP contribution >= 0.6 is 7.60 Å². The molecule has 0 aromatic heterocycles. The minimum Gasteiger partial charge on any atom is -0.515 e. The van der Waals surface area contributed by atoms with Gasteiger partial charge >= 0.3 is 7.60 Å². The molecule has 0 aliphatic rings. The van der Waals surface area contributed by atoms with Gasteiger partial charge < -0.3 is 14.2 Å². The quantitative estimate of drug-likeness (QED) is 0.421. The van der Waals surface area contributed by atoms with Crippen molar-refractivity contribution in [2.75, 3.05) is 19.4 Å². The van der Waals surface area contributed by atoms with E-state index >= 15 is 0 Å². The van der Waals surface area contributed by atoms with E-state index in [1.54, 1.807) is 19.9 Å². The fourth-order valence-corrected chi connectivity index (χ4v) is 2.45. The molecule has 0 aliphatic heterocycles. The van der Waals surface area contributed by atoms with Gasteiger partial charge in [-0.25, -0.2) is 0 Å². The van der Waals surface area contributed by atoms with E-state index in [2.05, 4.69) is 0 Å². The Morgan fingerprint density at radius 3 is 2.29 bits per heavy atom. The van der Waals surface area contributed by atoms with Crippen LogP contribution in [0.3, 0.4) is 0 Å². The third-order valence-corrected chi connectivity index (χ3v) is 3.35. The zero-order valence-electron chi connectivity index (χ0n) is 8.27. The molecule has 5 nitrogen and oxygen atoms in total. The maximum Gasteiger partial charge on any atom is 0.335 e. The maximum absolute atomic E-state index is 11.8. The van der Waals surface area contributed by atoms with Crippen molar-refractivity contribution in [3.63, 3.8) is 0 Å². The molecule has 14 heavy (non-hydrogen) atoms. The van der Waals surface area contributed by atoms with Gasteiger partial charge in [-0.15, -0.1) is 0 Å². The molecule has 0 rings (SSSR count). The highest BCUT2D eigenvalue weighted by molar-refractivity contribution is 7.54. The van der Waals surface area contributed by atoms with Crippen LogP contribution in [0.1, 0.15) is 13.8 Å². The Morgan fingerprint density at radius 1 is 1.50 bits per heavy atom. The molecule has 0 fully saturated rings. The summed E-state index contributed by atoms with van der Waals surface area (Å²) in [6.45, 7) is 3.84. The molecule has 1 N–H and O–H groups in total. The van der Waals surface area contributed by atoms with Crippen LogP contribution in [0.4, 0.5) is 0 Å². The normalized spacial score (nSPS) is 12.5. The maximum atomic E-state index is 11.8. The number of rotatable bonds is 6. The standard InChI is InChI=1S/C8H14NO4P/c1-3-12-14(11,13-4-2)7-8(5-9)6-10/h6,10H,3-4,7H2,1-2H3/b8-6+. The summed E-state index contributed by atoms with van der Waals surface area (Å²) in [6, 6.07) is 1.70. The van der Waals surface area contributed by atoms with Crippen molar-refractivity contribution in [1.82, 2.24) is 0 Å². The monoisotopic (exact) mass is 219 g/mol. The minimum atomic E-state index is -3.26. The topological polar surface area (TPSA) is 79.6 Å². The van der Waals surface area contributed by atoms with Crippen molar-refractivity contribution in [2.24, 2.45) is 0 Å². The first-order chi connectivity index (χ1) is 6.61. The molecule has 0 atom stereocenters. The molecule has 0 aromatic carbocycles. The lowest BCUT2D eigenvalue weighted by molar-refractivity contribution is 0.222. The predicted octanol–water partition coefficient (Wildman–Crippen LogP) is 2.22. The minimum absolute atomic E-state index is 0.0183. The van der Waals surface area contributed by atoms with E-state index in [0.29, 0.717) is 6.26 Å². The molecule has 80 valence electrons. The Kier molecular flexibility index (Phi) is 6.22. The average molecular weight is 219 g/mol. The summed E-state index contributed by atoms with van der Waals surface area (Å²) in [7, 11) is -3.26. The Balaban J connectivity index is 4.53. The number of allylic oxidation sites excluding steroid dienone is 1. The average Bonchev–Trinajstić information content (AvgIpc) is 2.15. The molecule has 0 bridgehead atoms. The SMILES string of the molecule is CCOP(=O)(C/C(C#N)=C/O)OCC. The van der Waals surface area contributed by atoms with Gasteiger partial charge in [-0.3, -0.25) is 4.57 Å². The van der Waals surface area contributed by atoms with Crippen molar-refractivity contribution < 1.29 is 18.7 Å². The summed E-state index contributed by atoms with van der Waals surface area (Å²) < 4.78 is 21.7. The van der Waals surface area contributed by atoms with E-state index in [-0.39, 0.29) is 24.9 Å². The number of nitriles is 1. The van der Waals surface area contributed by atoms with Crippen LogP contribution in [0.2, 0.25) is 0 Å². The van der Waals surface area contributed by atoms with E-state index < -0.39 is 7.60 Å². The molecule has 6 heteroatoms. The summed E-state index contributed by atoms with van der Waals surface area (Å²) in [5.41, 5.74) is -0.0183. The molecule has 0 radical (unpaired) electrons. The van der Waals surface area contributed by atoms with Crippen LogP contribution < -0.4 is 0 Å². The van der Waals surface area contributed by atoms with E-state index in [1.165, 1.54) is 0 Å². The van der Waals surface area contributed by atoms with Crippen LogP contribution in [0.5, 0.6) is 0 Å². The van der Waals surface area contributed by atoms with Crippen LogP contribution in [-0.4, -0.2) is 24.5 Å². The summed E-state index contributed by atoms with van der Waals surface area (Å²) in [6.07, 6.45) is 0.423. The van der Waals surface area contributed by atoms with Gasteiger partial charge in [0.1, 0.15) is 0 Å². The van der Waals surface area contributed by atoms with E-state index in [1.807, 2.05) is 0 Å². The molecular weight excluding hydrogens is 205 g/mol. The van der Waals surface area contributed by atoms with Crippen molar-refractivity contribution >= 4 is 7.60 Å². The second kappa shape index (κ2) is 6.61. The highest BCUT2D eigenvalue weighted by atomic mass is 31.2. The molecular formula is C8H14NO4P. The first-order valence-electron chi connectivity index (χ1n) is 4.23. The van der Waals surface area contributed by atoms with Gasteiger partial charge in [0, 0.05) is 0 Å². The largest absolute Gasteiger partial charge is 0.515 e. The fraction of sp³-hybridized carbons (Fsp3) is 0.625. The predicted molar refractivity (Wildman–Crippen MR) is 52.1 cm³/mol. The Morgan fingerprint density at radius 2 is 2.00 bits per heavy atom. The molecule has 0 unspecified atom stereocenters. The lowest BCUT2D eigenvalue weighted by Gasteiger charge is -2.15. The Hall–Kier alpha value is -0.820. The molecule has 0 saturated carbocycles. The molecule has 0 heterocycles. The van der Waals surface area contributed by atoms with Crippen LogP contribution in [-0.2, 0) is 13.6 Å². The lowest BCUT2D eigenvalue weighted by Crippen LogP contribution is -2.01. The van der Waals surface area contributed by atoms with E-state index in [4.69, 9.17) is 19.4 Å². The zero-order chi connectivity index (χ0) is 11.0. The lowest BCUT2D eigenvalue weighted by atomic mass is 10.4. The van der Waals surface area contributed by atoms with Gasteiger partial charge in [0.2, 0.25) is 0 Å². The second-order valence-electron chi connectivity index (χ2n) is 2.37. The van der Waals surface area contributed by atoms with Gasteiger partial charge in [0.25, 0.3) is 0 Å². The highest BCUT2D eigenvalue weighted by Crippen LogP contribution is 2.49. The molecule has 0 aromatic rings. The van der Waals surface area contributed by atoms with Crippen molar-refractivity contribution in [1.29, 1.82) is 5.26 Å². The van der Waals surface area contributed by atoms with Gasteiger partial charge in [-0.2, -0.15) is 5.26 Å². The number of aliphatic hydroxyl groups excluding tert-OH is 1. The van der Waals surface area contributed by atoms with Crippen molar-refractivity contribution in [2.45, 2.75) is 13.8 Å². The summed E-state index contributed by atoms with van der Waals surface area (Å²) in [4.78, 5) is 0. The van der Waals surface area contributed by atoms with Crippen molar-refractivity contribution in [3.8, 4) is 6.07 Å². The summed E-state index contributed by atoms with van der Waals surface area (Å²) >= 11 is 0. The zero-order valence-corrected chi connectivity index (χ0v) is 9.16. The number of hydrogen-bond donors (Lipinski definition) is 1. The first kappa shape index (κ1) is 13.2. The summed E-state index contributed by atoms with van der Waals surface area (Å²) in [5.74, 6) is 0. The highest BCUT2D eigenvalue weighted by Gasteiger charge is 2.25. The van der Waals surface area contributed by atoms with Crippen molar-refractivity contribution in [3.05, 3.63) is 11.8 Å². The number of hydrogen-bond acceptors (Lipinski definition) is 5. The first-order valence-corrected chi connectivity index (χ1v) is 5.96. The summed E-state index contributed by atoms with van der Waals surface area (Å²) in [5, 5.41) is 17.1. The number of nitrogens with zero attached hydrogens (tertiary/aromatic N) is 1. The van der Waals surface area contributed by atoms with Crippen LogP contribution in [0.25, 0.3) is 0 Å². The molecule has 0 saturated heterocycles.